The summed E-state index contributed by atoms with van der Waals surface area (Å²) in [6.07, 6.45) is 6.61. The second-order valence-electron chi connectivity index (χ2n) is 8.82. The van der Waals surface area contributed by atoms with Crippen molar-refractivity contribution < 1.29 is 9.18 Å². The zero-order chi connectivity index (χ0) is 23.2. The number of hydrogen-bond donors (Lipinski definition) is 1. The average Bonchev–Trinajstić information content (AvgIpc) is 3.43. The van der Waals surface area contributed by atoms with Gasteiger partial charge in [-0.3, -0.25) is 0 Å². The van der Waals surface area contributed by atoms with E-state index in [1.807, 2.05) is 22.3 Å². The van der Waals surface area contributed by atoms with Crippen molar-refractivity contribution >= 4 is 34.7 Å². The van der Waals surface area contributed by atoms with E-state index in [1.54, 1.807) is 36.4 Å². The number of carbonyl (C=O) groups excluding carboxylic acids is 1. The Labute approximate surface area is 206 Å². The molecule has 6 rings (SSSR count). The molecule has 7 heteroatoms. The second-order valence-corrected chi connectivity index (χ2v) is 10.3. The number of amides is 2. The smallest absolute Gasteiger partial charge is 0.310 e. The summed E-state index contributed by atoms with van der Waals surface area (Å²) in [5, 5.41) is 4.86. The van der Waals surface area contributed by atoms with Crippen molar-refractivity contribution in [1.29, 1.82) is 0 Å². The summed E-state index contributed by atoms with van der Waals surface area (Å²) in [6, 6.07) is 17.1. The molecule has 0 saturated carbocycles. The monoisotopic (exact) mass is 491 g/mol. The van der Waals surface area contributed by atoms with E-state index >= 15 is 0 Å². The molecule has 172 valence electrons. The number of halogens is 2. The molecule has 0 spiro atoms. The quantitative estimate of drug-likeness (QED) is 0.313. The van der Waals surface area contributed by atoms with Gasteiger partial charge in [-0.2, -0.15) is 0 Å². The van der Waals surface area contributed by atoms with E-state index in [2.05, 4.69) is 22.1 Å². The third kappa shape index (κ3) is 3.71. The van der Waals surface area contributed by atoms with Crippen molar-refractivity contribution in [2.24, 2.45) is 0 Å². The molecule has 1 aliphatic heterocycles. The van der Waals surface area contributed by atoms with Crippen molar-refractivity contribution in [3.05, 3.63) is 105 Å². The molecule has 4 nitrogen and oxygen atoms in total. The number of aryl methyl sites for hydroxylation is 1. The first-order valence-electron chi connectivity index (χ1n) is 11.5. The lowest BCUT2D eigenvalue weighted by Crippen LogP contribution is -2.38. The molecule has 2 aromatic heterocycles. The molecular formula is C27H23ClFN3OS. The predicted octanol–water partition coefficient (Wildman–Crippen LogP) is 7.35. The van der Waals surface area contributed by atoms with Gasteiger partial charge in [-0.1, -0.05) is 23.7 Å². The normalized spacial score (nSPS) is 16.9. The van der Waals surface area contributed by atoms with Gasteiger partial charge in [-0.05, 0) is 85.3 Å². The van der Waals surface area contributed by atoms with Gasteiger partial charge in [-0.25, -0.2) is 9.18 Å². The Hall–Kier alpha value is -3.09. The number of thiophene rings is 1. The molecule has 1 unspecified atom stereocenters. The molecule has 0 bridgehead atoms. The van der Waals surface area contributed by atoms with Crippen LogP contribution >= 0.6 is 22.9 Å². The number of fused-ring (bicyclic) bond motifs is 5. The molecule has 2 amide bonds. The van der Waals surface area contributed by atoms with Crippen LogP contribution in [0.3, 0.4) is 0 Å². The fourth-order valence-corrected chi connectivity index (χ4v) is 6.64. The fourth-order valence-electron chi connectivity index (χ4n) is 5.11. The van der Waals surface area contributed by atoms with E-state index in [4.69, 9.17) is 11.6 Å². The highest BCUT2D eigenvalue weighted by Crippen LogP contribution is 2.44. The van der Waals surface area contributed by atoms with Gasteiger partial charge in [0.2, 0.25) is 0 Å². The van der Waals surface area contributed by atoms with Crippen LogP contribution in [-0.2, 0) is 19.4 Å². The van der Waals surface area contributed by atoms with Crippen LogP contribution < -0.4 is 5.32 Å². The first kappa shape index (κ1) is 21.4. The summed E-state index contributed by atoms with van der Waals surface area (Å²) in [5.74, 6) is -0.293. The van der Waals surface area contributed by atoms with Crippen molar-refractivity contribution in [2.75, 3.05) is 5.32 Å². The third-order valence-electron chi connectivity index (χ3n) is 6.72. The van der Waals surface area contributed by atoms with Gasteiger partial charge >= 0.3 is 6.03 Å². The zero-order valence-electron chi connectivity index (χ0n) is 18.4. The first-order valence-corrected chi connectivity index (χ1v) is 12.7. The number of rotatable bonds is 2. The van der Waals surface area contributed by atoms with E-state index in [0.717, 1.165) is 24.1 Å². The van der Waals surface area contributed by atoms with Gasteiger partial charge in [0.15, 0.2) is 0 Å². The van der Waals surface area contributed by atoms with E-state index in [-0.39, 0.29) is 17.9 Å². The second kappa shape index (κ2) is 8.60. The minimum atomic E-state index is -0.359. The van der Waals surface area contributed by atoms with Gasteiger partial charge in [0.25, 0.3) is 0 Å². The summed E-state index contributed by atoms with van der Waals surface area (Å²) in [7, 11) is 0. The standard InChI is InChI=1S/C27H23ClFN3OS/c28-18-9-13-20(14-10-18)30-27(33)32-16-22-21-4-1-2-6-24(21)34-26(22)31-15-3-5-23(31)25(32)17-7-11-19(29)12-8-17/h3,5,7-15,25H,1-2,4,6,16H2,(H,30,33). The molecule has 0 radical (unpaired) electrons. The highest BCUT2D eigenvalue weighted by atomic mass is 35.5. The topological polar surface area (TPSA) is 37.3 Å². The van der Waals surface area contributed by atoms with Gasteiger partial charge in [-0.15, -0.1) is 11.3 Å². The van der Waals surface area contributed by atoms with E-state index in [1.165, 1.54) is 46.0 Å². The summed E-state index contributed by atoms with van der Waals surface area (Å²) < 4.78 is 16.0. The molecule has 2 aromatic carbocycles. The number of benzene rings is 2. The first-order chi connectivity index (χ1) is 16.6. The molecular weight excluding hydrogens is 469 g/mol. The van der Waals surface area contributed by atoms with E-state index in [9.17, 15) is 9.18 Å². The Balaban J connectivity index is 1.49. The number of urea groups is 1. The maximum absolute atomic E-state index is 13.8. The minimum absolute atomic E-state index is 0.201. The van der Waals surface area contributed by atoms with Crippen LogP contribution in [0.25, 0.3) is 5.00 Å². The number of anilines is 1. The lowest BCUT2D eigenvalue weighted by Gasteiger charge is -2.31. The van der Waals surface area contributed by atoms with Crippen LogP contribution in [0.2, 0.25) is 5.02 Å². The number of nitrogens with zero attached hydrogens (tertiary/aromatic N) is 2. The van der Waals surface area contributed by atoms with Gasteiger partial charge in [0.1, 0.15) is 10.8 Å². The van der Waals surface area contributed by atoms with Crippen LogP contribution in [0.5, 0.6) is 0 Å². The molecule has 4 aromatic rings. The maximum atomic E-state index is 13.8. The number of nitrogens with one attached hydrogen (secondary N) is 1. The Morgan fingerprint density at radius 1 is 1.00 bits per heavy atom. The van der Waals surface area contributed by atoms with Crippen LogP contribution in [-0.4, -0.2) is 15.5 Å². The summed E-state index contributed by atoms with van der Waals surface area (Å²) in [5.41, 5.74) is 5.18. The third-order valence-corrected chi connectivity index (χ3v) is 8.31. The lowest BCUT2D eigenvalue weighted by molar-refractivity contribution is 0.194. The summed E-state index contributed by atoms with van der Waals surface area (Å²) >= 11 is 7.88. The molecule has 34 heavy (non-hydrogen) atoms. The number of hydrogen-bond acceptors (Lipinski definition) is 2. The van der Waals surface area contributed by atoms with Gasteiger partial charge in [0.05, 0.1) is 18.3 Å². The van der Waals surface area contributed by atoms with Crippen molar-refractivity contribution in [3.8, 4) is 5.00 Å². The van der Waals surface area contributed by atoms with Crippen molar-refractivity contribution in [1.82, 2.24) is 9.47 Å². The zero-order valence-corrected chi connectivity index (χ0v) is 20.0. The Bertz CT molecular complexity index is 1360. The van der Waals surface area contributed by atoms with Crippen LogP contribution in [0.1, 0.15) is 46.1 Å². The van der Waals surface area contributed by atoms with Crippen molar-refractivity contribution in [3.63, 3.8) is 0 Å². The summed E-state index contributed by atoms with van der Waals surface area (Å²) in [4.78, 5) is 17.1. The highest BCUT2D eigenvalue weighted by Gasteiger charge is 2.36. The number of aromatic nitrogens is 1. The highest BCUT2D eigenvalue weighted by molar-refractivity contribution is 7.15. The van der Waals surface area contributed by atoms with Crippen LogP contribution in [0.15, 0.2) is 66.9 Å². The summed E-state index contributed by atoms with van der Waals surface area (Å²) in [6.45, 7) is 0.490. The van der Waals surface area contributed by atoms with Crippen molar-refractivity contribution in [2.45, 2.75) is 38.3 Å². The van der Waals surface area contributed by atoms with Crippen LogP contribution in [0.4, 0.5) is 14.9 Å². The fraction of sp³-hybridized carbons (Fsp3) is 0.222. The Morgan fingerprint density at radius 3 is 2.56 bits per heavy atom. The Kier molecular flexibility index (Phi) is 5.42. The maximum Gasteiger partial charge on any atom is 0.322 e. The molecule has 3 heterocycles. The van der Waals surface area contributed by atoms with Gasteiger partial charge < -0.3 is 14.8 Å². The van der Waals surface area contributed by atoms with E-state index < -0.39 is 0 Å². The van der Waals surface area contributed by atoms with Crippen LogP contribution in [0, 0.1) is 5.82 Å². The Morgan fingerprint density at radius 2 is 1.76 bits per heavy atom. The molecule has 0 fully saturated rings. The van der Waals surface area contributed by atoms with Gasteiger partial charge in [0, 0.05) is 27.3 Å². The molecule has 2 aliphatic rings. The molecule has 1 aliphatic carbocycles. The molecule has 1 atom stereocenters. The lowest BCUT2D eigenvalue weighted by atomic mass is 9.95. The SMILES string of the molecule is O=C(Nc1ccc(Cl)cc1)N1Cc2c(sc3c2CCCC3)-n2cccc2C1c1ccc(F)cc1. The number of carbonyl (C=O) groups is 1. The van der Waals surface area contributed by atoms with E-state index in [0.29, 0.717) is 17.3 Å². The molecule has 1 N–H and O–H groups in total. The molecule has 0 saturated heterocycles. The predicted molar refractivity (Wildman–Crippen MR) is 135 cm³/mol. The minimum Gasteiger partial charge on any atom is -0.310 e. The average molecular weight is 492 g/mol. The largest absolute Gasteiger partial charge is 0.322 e.